The molecule has 0 aromatic heterocycles. The van der Waals surface area contributed by atoms with E-state index in [9.17, 15) is 0 Å². The first-order valence-corrected chi connectivity index (χ1v) is 4.17. The number of ether oxygens (including phenoxy) is 1. The van der Waals surface area contributed by atoms with Gasteiger partial charge in [0.15, 0.2) is 0 Å². The van der Waals surface area contributed by atoms with Gasteiger partial charge in [0.05, 0.1) is 11.9 Å². The molecule has 0 saturated carbocycles. The third-order valence-corrected chi connectivity index (χ3v) is 1.51. The van der Waals surface area contributed by atoms with Gasteiger partial charge < -0.3 is 4.74 Å². The fourth-order valence-corrected chi connectivity index (χ4v) is 0.406. The lowest BCUT2D eigenvalue weighted by molar-refractivity contribution is 0.0741. The Morgan fingerprint density at radius 2 is 1.73 bits per heavy atom. The molecular weight excluding hydrogens is 136 g/mol. The van der Waals surface area contributed by atoms with Crippen LogP contribution < -0.4 is 0 Å². The summed E-state index contributed by atoms with van der Waals surface area (Å²) >= 11 is 0. The Hall–Kier alpha value is -0.460. The Morgan fingerprint density at radius 1 is 1.27 bits per heavy atom. The van der Waals surface area contributed by atoms with Crippen LogP contribution in [0.1, 0.15) is 41.5 Å². The monoisotopic (exact) mass is 156 g/mol. The van der Waals surface area contributed by atoms with Crippen molar-refractivity contribution in [3.8, 4) is 0 Å². The largest absolute Gasteiger partial charge is 0.496 e. The maximum absolute atomic E-state index is 5.49. The minimum atomic E-state index is -0.0594. The zero-order valence-corrected chi connectivity index (χ0v) is 8.56. The Morgan fingerprint density at radius 3 is 2.00 bits per heavy atom. The smallest absolute Gasteiger partial charge is 0.0998 e. The number of rotatable bonds is 2. The quantitative estimate of drug-likeness (QED) is 0.557. The van der Waals surface area contributed by atoms with Gasteiger partial charge in [-0.1, -0.05) is 13.8 Å². The van der Waals surface area contributed by atoms with Gasteiger partial charge in [-0.15, -0.1) is 0 Å². The van der Waals surface area contributed by atoms with Crippen molar-refractivity contribution >= 4 is 0 Å². The molecule has 0 bridgehead atoms. The average molecular weight is 156 g/mol. The van der Waals surface area contributed by atoms with Crippen molar-refractivity contribution in [2.45, 2.75) is 47.1 Å². The van der Waals surface area contributed by atoms with Crippen molar-refractivity contribution < 1.29 is 4.74 Å². The molecule has 0 spiro atoms. The van der Waals surface area contributed by atoms with E-state index in [0.717, 1.165) is 0 Å². The molecule has 0 aromatic carbocycles. The van der Waals surface area contributed by atoms with Crippen molar-refractivity contribution in [2.24, 2.45) is 5.92 Å². The van der Waals surface area contributed by atoms with Crippen LogP contribution in [0.2, 0.25) is 0 Å². The number of allylic oxidation sites excluding steroid dienone is 1. The summed E-state index contributed by atoms with van der Waals surface area (Å²) in [5.74, 6) is 0.581. The minimum absolute atomic E-state index is 0.0594. The highest BCUT2D eigenvalue weighted by atomic mass is 16.5. The highest BCUT2D eigenvalue weighted by Crippen LogP contribution is 2.13. The van der Waals surface area contributed by atoms with E-state index in [1.807, 2.05) is 6.26 Å². The van der Waals surface area contributed by atoms with E-state index in [-0.39, 0.29) is 5.60 Å². The molecule has 0 rings (SSSR count). The second-order valence-electron chi connectivity index (χ2n) is 4.25. The zero-order chi connectivity index (χ0) is 9.07. The van der Waals surface area contributed by atoms with Crippen LogP contribution in [-0.2, 0) is 4.74 Å². The molecule has 0 radical (unpaired) electrons. The van der Waals surface area contributed by atoms with Crippen LogP contribution in [0.25, 0.3) is 0 Å². The van der Waals surface area contributed by atoms with E-state index in [2.05, 4.69) is 41.5 Å². The SMILES string of the molecule is C/C(=C/OC(C)(C)C)C(C)C. The van der Waals surface area contributed by atoms with Crippen LogP contribution >= 0.6 is 0 Å². The molecule has 0 heterocycles. The molecule has 0 aliphatic rings. The van der Waals surface area contributed by atoms with Gasteiger partial charge >= 0.3 is 0 Å². The first-order valence-electron chi connectivity index (χ1n) is 4.17. The summed E-state index contributed by atoms with van der Waals surface area (Å²) in [6.07, 6.45) is 1.87. The minimum Gasteiger partial charge on any atom is -0.496 e. The van der Waals surface area contributed by atoms with Crippen LogP contribution in [-0.4, -0.2) is 5.60 Å². The fraction of sp³-hybridized carbons (Fsp3) is 0.800. The van der Waals surface area contributed by atoms with Gasteiger partial charge in [-0.25, -0.2) is 0 Å². The Kier molecular flexibility index (Phi) is 3.64. The summed E-state index contributed by atoms with van der Waals surface area (Å²) in [7, 11) is 0. The van der Waals surface area contributed by atoms with Gasteiger partial charge in [0.1, 0.15) is 0 Å². The van der Waals surface area contributed by atoms with E-state index >= 15 is 0 Å². The molecular formula is C10H20O. The highest BCUT2D eigenvalue weighted by Gasteiger charge is 2.08. The van der Waals surface area contributed by atoms with Crippen molar-refractivity contribution in [1.29, 1.82) is 0 Å². The molecule has 0 atom stereocenters. The van der Waals surface area contributed by atoms with Crippen molar-refractivity contribution in [3.05, 3.63) is 11.8 Å². The standard InChI is InChI=1S/C10H20O/c1-8(2)9(3)7-11-10(4,5)6/h7-8H,1-6H3/b9-7-. The maximum atomic E-state index is 5.49. The van der Waals surface area contributed by atoms with E-state index in [1.165, 1.54) is 5.57 Å². The van der Waals surface area contributed by atoms with Crippen molar-refractivity contribution in [1.82, 2.24) is 0 Å². The molecule has 0 aromatic rings. The molecule has 0 aliphatic heterocycles. The Bertz CT molecular complexity index is 137. The topological polar surface area (TPSA) is 9.23 Å². The van der Waals surface area contributed by atoms with Crippen LogP contribution in [0.5, 0.6) is 0 Å². The Balaban J connectivity index is 3.93. The van der Waals surface area contributed by atoms with Gasteiger partial charge in [0.2, 0.25) is 0 Å². The lowest BCUT2D eigenvalue weighted by Crippen LogP contribution is -2.15. The van der Waals surface area contributed by atoms with Crippen LogP contribution in [0.4, 0.5) is 0 Å². The molecule has 1 nitrogen and oxygen atoms in total. The molecule has 0 aliphatic carbocycles. The maximum Gasteiger partial charge on any atom is 0.0998 e. The lowest BCUT2D eigenvalue weighted by Gasteiger charge is -2.19. The summed E-state index contributed by atoms with van der Waals surface area (Å²) in [6, 6.07) is 0. The average Bonchev–Trinajstić information content (AvgIpc) is 1.80. The van der Waals surface area contributed by atoms with E-state index < -0.39 is 0 Å². The molecule has 0 saturated heterocycles. The summed E-state index contributed by atoms with van der Waals surface area (Å²) < 4.78 is 5.49. The summed E-state index contributed by atoms with van der Waals surface area (Å²) in [6.45, 7) is 12.6. The predicted molar refractivity (Wildman–Crippen MR) is 49.4 cm³/mol. The third-order valence-electron chi connectivity index (χ3n) is 1.51. The second-order valence-corrected chi connectivity index (χ2v) is 4.25. The van der Waals surface area contributed by atoms with Crippen molar-refractivity contribution in [3.63, 3.8) is 0 Å². The molecule has 66 valence electrons. The molecule has 0 N–H and O–H groups in total. The lowest BCUT2D eigenvalue weighted by atomic mass is 10.1. The summed E-state index contributed by atoms with van der Waals surface area (Å²) in [4.78, 5) is 0. The van der Waals surface area contributed by atoms with E-state index in [0.29, 0.717) is 5.92 Å². The van der Waals surface area contributed by atoms with E-state index in [1.54, 1.807) is 0 Å². The first-order chi connectivity index (χ1) is 4.83. The van der Waals surface area contributed by atoms with Crippen LogP contribution in [0, 0.1) is 5.92 Å². The van der Waals surface area contributed by atoms with E-state index in [4.69, 9.17) is 4.74 Å². The molecule has 0 unspecified atom stereocenters. The zero-order valence-electron chi connectivity index (χ0n) is 8.56. The molecule has 1 heteroatoms. The van der Waals surface area contributed by atoms with Crippen molar-refractivity contribution in [2.75, 3.05) is 0 Å². The summed E-state index contributed by atoms with van der Waals surface area (Å²) in [5.41, 5.74) is 1.23. The molecule has 0 fully saturated rings. The first kappa shape index (κ1) is 10.5. The van der Waals surface area contributed by atoms with Gasteiger partial charge in [0, 0.05) is 0 Å². The highest BCUT2D eigenvalue weighted by molar-refractivity contribution is 4.96. The number of hydrogen-bond acceptors (Lipinski definition) is 1. The Labute approximate surface area is 70.4 Å². The van der Waals surface area contributed by atoms with Gasteiger partial charge in [0.25, 0.3) is 0 Å². The van der Waals surface area contributed by atoms with Gasteiger partial charge in [-0.05, 0) is 39.2 Å². The fourth-order valence-electron chi connectivity index (χ4n) is 0.406. The van der Waals surface area contributed by atoms with Crippen LogP contribution in [0.3, 0.4) is 0 Å². The summed E-state index contributed by atoms with van der Waals surface area (Å²) in [5, 5.41) is 0. The third kappa shape index (κ3) is 5.96. The van der Waals surface area contributed by atoms with Gasteiger partial charge in [-0.3, -0.25) is 0 Å². The molecule has 0 amide bonds. The number of hydrogen-bond donors (Lipinski definition) is 0. The van der Waals surface area contributed by atoms with Crippen LogP contribution in [0.15, 0.2) is 11.8 Å². The predicted octanol–water partition coefficient (Wildman–Crippen LogP) is 3.36. The molecule has 11 heavy (non-hydrogen) atoms. The second kappa shape index (κ2) is 3.80. The normalized spacial score (nSPS) is 13.9. The van der Waals surface area contributed by atoms with Gasteiger partial charge in [-0.2, -0.15) is 0 Å².